The van der Waals surface area contributed by atoms with Crippen LogP contribution in [0.2, 0.25) is 0 Å². The van der Waals surface area contributed by atoms with Gasteiger partial charge in [0.05, 0.1) is 23.6 Å². The lowest BCUT2D eigenvalue weighted by atomic mass is 9.91. The van der Waals surface area contributed by atoms with Crippen LogP contribution < -0.4 is 10.6 Å². The molecule has 1 aliphatic carbocycles. The molecular weight excluding hydrogens is 413 g/mol. The summed E-state index contributed by atoms with van der Waals surface area (Å²) in [6.45, 7) is 2.20. The molecule has 33 heavy (non-hydrogen) atoms. The number of fused-ring (bicyclic) bond motifs is 2. The highest BCUT2D eigenvalue weighted by molar-refractivity contribution is 5.82. The molecule has 0 radical (unpaired) electrons. The van der Waals surface area contributed by atoms with Gasteiger partial charge in [0.2, 0.25) is 0 Å². The van der Waals surface area contributed by atoms with Gasteiger partial charge in [-0.3, -0.25) is 9.97 Å². The lowest BCUT2D eigenvalue weighted by Crippen LogP contribution is -2.32. The fraction of sp³-hybridized carbons (Fsp3) is 0.296. The Labute approximate surface area is 192 Å². The number of halogens is 1. The molecule has 0 spiro atoms. The Morgan fingerprint density at radius 2 is 1.88 bits per heavy atom. The maximum absolute atomic E-state index is 14.6. The van der Waals surface area contributed by atoms with Crippen molar-refractivity contribution in [3.05, 3.63) is 95.8 Å². The summed E-state index contributed by atoms with van der Waals surface area (Å²) in [5, 5.41) is 1.15. The molecule has 4 aromatic rings. The van der Waals surface area contributed by atoms with Crippen molar-refractivity contribution in [2.24, 2.45) is 17.6 Å². The third kappa shape index (κ3) is 3.28. The van der Waals surface area contributed by atoms with Crippen molar-refractivity contribution in [1.82, 2.24) is 15.0 Å². The average molecular weight is 440 g/mol. The highest BCUT2D eigenvalue weighted by Gasteiger charge is 2.66. The minimum absolute atomic E-state index is 0.142. The second-order valence-corrected chi connectivity index (χ2v) is 9.20. The number of piperidine rings is 1. The van der Waals surface area contributed by atoms with Crippen LogP contribution in [0.15, 0.2) is 73.2 Å². The van der Waals surface area contributed by atoms with Crippen molar-refractivity contribution in [2.45, 2.75) is 18.3 Å². The fourth-order valence-electron chi connectivity index (χ4n) is 5.95. The Morgan fingerprint density at radius 3 is 2.70 bits per heavy atom. The minimum atomic E-state index is -0.254. The van der Waals surface area contributed by atoms with Crippen LogP contribution in [-0.2, 0) is 11.8 Å². The normalized spacial score (nSPS) is 24.0. The van der Waals surface area contributed by atoms with Crippen LogP contribution in [0.3, 0.4) is 0 Å². The Hall–Kier alpha value is -3.38. The Morgan fingerprint density at radius 1 is 0.970 bits per heavy atom. The maximum Gasteiger partial charge on any atom is 0.147 e. The van der Waals surface area contributed by atoms with E-state index in [9.17, 15) is 4.39 Å². The van der Waals surface area contributed by atoms with Crippen LogP contribution in [0.25, 0.3) is 10.9 Å². The van der Waals surface area contributed by atoms with E-state index < -0.39 is 0 Å². The number of nitrogens with two attached hydrogens (primary N) is 1. The molecule has 2 unspecified atom stereocenters. The molecular formula is C27H26FN5. The molecule has 0 bridgehead atoms. The van der Waals surface area contributed by atoms with Crippen molar-refractivity contribution >= 4 is 16.7 Å². The second kappa shape index (κ2) is 7.89. The highest BCUT2D eigenvalue weighted by atomic mass is 19.1. The maximum atomic E-state index is 14.6. The van der Waals surface area contributed by atoms with Gasteiger partial charge < -0.3 is 10.6 Å². The number of nitrogens with zero attached hydrogens (tertiary/aromatic N) is 4. The van der Waals surface area contributed by atoms with Gasteiger partial charge in [0.1, 0.15) is 11.6 Å². The summed E-state index contributed by atoms with van der Waals surface area (Å²) >= 11 is 0. The minimum Gasteiger partial charge on any atom is -0.355 e. The standard InChI is InChI=1S/C27H26FN5/c28-24-8-2-1-7-22(24)27(17-29)21-10-12-33(16-23(21)27)26-15-31-19(14-32-26)13-18-5-3-9-25-20(18)6-4-11-30-25/h1-9,11,14-15,21,23H,10,12-13,16-17,29H2/t21?,23?,27-/m1/s1. The predicted molar refractivity (Wildman–Crippen MR) is 128 cm³/mol. The van der Waals surface area contributed by atoms with Crippen molar-refractivity contribution in [1.29, 1.82) is 0 Å². The molecule has 2 aliphatic rings. The number of hydrogen-bond donors (Lipinski definition) is 1. The van der Waals surface area contributed by atoms with Gasteiger partial charge in [0.15, 0.2) is 0 Å². The van der Waals surface area contributed by atoms with Gasteiger partial charge in [-0.25, -0.2) is 9.37 Å². The quantitative estimate of drug-likeness (QED) is 0.507. The van der Waals surface area contributed by atoms with Gasteiger partial charge in [-0.15, -0.1) is 0 Å². The second-order valence-electron chi connectivity index (χ2n) is 9.20. The zero-order valence-corrected chi connectivity index (χ0v) is 18.4. The van der Waals surface area contributed by atoms with Gasteiger partial charge in [-0.2, -0.15) is 0 Å². The van der Waals surface area contributed by atoms with Gasteiger partial charge in [0, 0.05) is 43.1 Å². The van der Waals surface area contributed by atoms with E-state index in [-0.39, 0.29) is 11.2 Å². The first-order valence-corrected chi connectivity index (χ1v) is 11.5. The molecule has 3 atom stereocenters. The number of rotatable bonds is 5. The zero-order chi connectivity index (χ0) is 22.4. The summed E-state index contributed by atoms with van der Waals surface area (Å²) in [4.78, 5) is 16.2. The van der Waals surface area contributed by atoms with E-state index >= 15 is 0 Å². The van der Waals surface area contributed by atoms with Gasteiger partial charge >= 0.3 is 0 Å². The van der Waals surface area contributed by atoms with Crippen LogP contribution >= 0.6 is 0 Å². The molecule has 2 N–H and O–H groups in total. The number of pyridine rings is 1. The highest BCUT2D eigenvalue weighted by Crippen LogP contribution is 2.63. The fourth-order valence-corrected chi connectivity index (χ4v) is 5.95. The van der Waals surface area contributed by atoms with Gasteiger partial charge in [0.25, 0.3) is 0 Å². The van der Waals surface area contributed by atoms with E-state index in [1.54, 1.807) is 12.1 Å². The number of anilines is 1. The summed E-state index contributed by atoms with van der Waals surface area (Å²) in [6.07, 6.45) is 7.26. The van der Waals surface area contributed by atoms with Gasteiger partial charge in [-0.05, 0) is 47.6 Å². The molecule has 166 valence electrons. The Kier molecular flexibility index (Phi) is 4.84. The Balaban J connectivity index is 1.20. The first kappa shape index (κ1) is 20.2. The molecule has 2 aromatic heterocycles. The monoisotopic (exact) mass is 439 g/mol. The van der Waals surface area contributed by atoms with Crippen molar-refractivity contribution in [3.8, 4) is 0 Å². The summed E-state index contributed by atoms with van der Waals surface area (Å²) in [5.74, 6) is 1.51. The van der Waals surface area contributed by atoms with E-state index in [1.807, 2.05) is 48.9 Å². The van der Waals surface area contributed by atoms with Crippen LogP contribution in [0.4, 0.5) is 10.2 Å². The van der Waals surface area contributed by atoms with Crippen LogP contribution in [0.5, 0.6) is 0 Å². The van der Waals surface area contributed by atoms with E-state index in [1.165, 1.54) is 5.56 Å². The van der Waals surface area contributed by atoms with Crippen LogP contribution in [0, 0.1) is 17.7 Å². The summed E-state index contributed by atoms with van der Waals surface area (Å²) in [5.41, 5.74) is 9.86. The summed E-state index contributed by atoms with van der Waals surface area (Å²) in [7, 11) is 0. The van der Waals surface area contributed by atoms with Crippen molar-refractivity contribution in [3.63, 3.8) is 0 Å². The van der Waals surface area contributed by atoms with Crippen LogP contribution in [-0.4, -0.2) is 34.6 Å². The lowest BCUT2D eigenvalue weighted by Gasteiger charge is -2.27. The van der Waals surface area contributed by atoms with Crippen molar-refractivity contribution in [2.75, 3.05) is 24.5 Å². The third-order valence-electron chi connectivity index (χ3n) is 7.66. The molecule has 3 heterocycles. The van der Waals surface area contributed by atoms with E-state index in [0.717, 1.165) is 47.5 Å². The molecule has 2 aromatic carbocycles. The molecule has 5 nitrogen and oxygen atoms in total. The topological polar surface area (TPSA) is 67.9 Å². The first-order valence-electron chi connectivity index (χ1n) is 11.5. The molecule has 0 amide bonds. The summed E-state index contributed by atoms with van der Waals surface area (Å²) in [6, 6.07) is 17.3. The van der Waals surface area contributed by atoms with E-state index in [4.69, 9.17) is 15.7 Å². The predicted octanol–water partition coefficient (Wildman–Crippen LogP) is 4.11. The lowest BCUT2D eigenvalue weighted by molar-refractivity contribution is 0.533. The molecule has 6 rings (SSSR count). The first-order chi connectivity index (χ1) is 16.2. The smallest absolute Gasteiger partial charge is 0.147 e. The summed E-state index contributed by atoms with van der Waals surface area (Å²) < 4.78 is 14.6. The number of benzene rings is 2. The molecule has 1 aliphatic heterocycles. The molecule has 1 saturated heterocycles. The average Bonchev–Trinajstić information content (AvgIpc) is 3.52. The third-order valence-corrected chi connectivity index (χ3v) is 7.66. The number of hydrogen-bond acceptors (Lipinski definition) is 5. The van der Waals surface area contributed by atoms with Crippen LogP contribution in [0.1, 0.15) is 23.2 Å². The largest absolute Gasteiger partial charge is 0.355 e. The SMILES string of the molecule is NC[C@]1(c2ccccc2F)C2CCN(c3cnc(Cc4cccc5ncccc45)cn3)CC21. The van der Waals surface area contributed by atoms with E-state index in [2.05, 4.69) is 22.0 Å². The zero-order valence-electron chi connectivity index (χ0n) is 18.4. The van der Waals surface area contributed by atoms with E-state index in [0.29, 0.717) is 24.8 Å². The Bertz CT molecular complexity index is 1300. The molecule has 6 heteroatoms. The van der Waals surface area contributed by atoms with Gasteiger partial charge in [-0.1, -0.05) is 36.4 Å². The molecule has 2 fully saturated rings. The van der Waals surface area contributed by atoms with Crippen molar-refractivity contribution < 1.29 is 4.39 Å². The molecule has 1 saturated carbocycles. The number of aromatic nitrogens is 3.